The molecule has 0 heterocycles. The van der Waals surface area contributed by atoms with Crippen molar-refractivity contribution in [1.82, 2.24) is 5.32 Å². The molecular weight excluding hydrogens is 106 g/mol. The molecule has 0 fully saturated rings. The summed E-state index contributed by atoms with van der Waals surface area (Å²) in [5.74, 6) is -0.484. The van der Waals surface area contributed by atoms with Crippen molar-refractivity contribution in [1.29, 1.82) is 0 Å². The van der Waals surface area contributed by atoms with Crippen molar-refractivity contribution in [2.24, 2.45) is 0 Å². The van der Waals surface area contributed by atoms with Crippen LogP contribution in [0.15, 0.2) is 0 Å². The van der Waals surface area contributed by atoms with E-state index in [4.69, 9.17) is 0 Å². The minimum atomic E-state index is -0.416. The summed E-state index contributed by atoms with van der Waals surface area (Å²) in [6.07, 6.45) is 0. The minimum absolute atomic E-state index is 0.0676. The average Bonchev–Trinajstić information content (AvgIpc) is 1.61. The Morgan fingerprint density at radius 2 is 2.12 bits per heavy atom. The molecule has 0 aromatic rings. The highest BCUT2D eigenvalue weighted by Crippen LogP contribution is 1.63. The van der Waals surface area contributed by atoms with Gasteiger partial charge in [-0.2, -0.15) is 0 Å². The van der Waals surface area contributed by atoms with Crippen LogP contribution in [0.2, 0.25) is 0 Å². The SMILES string of the molecule is [CH2]C(=O)NCC(C)=O. The van der Waals surface area contributed by atoms with Crippen LogP contribution in [0.5, 0.6) is 0 Å². The molecule has 0 spiro atoms. The molecule has 3 heteroatoms. The highest BCUT2D eigenvalue weighted by Gasteiger charge is 1.91. The Bertz CT molecular complexity index is 95.0. The standard InChI is InChI=1S/C5H8NO2/c1-4(7)3-6-5(2)8/h2-3H2,1H3,(H,6,8). The zero-order chi connectivity index (χ0) is 6.57. The third-order valence-electron chi connectivity index (χ3n) is 0.535. The van der Waals surface area contributed by atoms with E-state index in [0.29, 0.717) is 0 Å². The Hall–Kier alpha value is -0.860. The number of ketones is 1. The summed E-state index contributed by atoms with van der Waals surface area (Å²) in [6, 6.07) is 0. The van der Waals surface area contributed by atoms with Crippen molar-refractivity contribution in [3.8, 4) is 0 Å². The number of carbonyl (C=O) groups excluding carboxylic acids is 2. The van der Waals surface area contributed by atoms with Crippen LogP contribution in [0.4, 0.5) is 0 Å². The van der Waals surface area contributed by atoms with Gasteiger partial charge in [0.1, 0.15) is 5.78 Å². The van der Waals surface area contributed by atoms with E-state index in [2.05, 4.69) is 12.2 Å². The smallest absolute Gasteiger partial charge is 0.220 e. The highest BCUT2D eigenvalue weighted by molar-refractivity contribution is 5.86. The van der Waals surface area contributed by atoms with E-state index in [1.165, 1.54) is 6.92 Å². The van der Waals surface area contributed by atoms with Crippen LogP contribution < -0.4 is 5.32 Å². The van der Waals surface area contributed by atoms with E-state index in [1.807, 2.05) is 0 Å². The van der Waals surface area contributed by atoms with Crippen LogP contribution in [0.1, 0.15) is 6.92 Å². The Kier molecular flexibility index (Phi) is 2.84. The molecule has 0 atom stereocenters. The second-order valence-corrected chi connectivity index (χ2v) is 1.48. The lowest BCUT2D eigenvalue weighted by molar-refractivity contribution is -0.121. The quantitative estimate of drug-likeness (QED) is 0.527. The van der Waals surface area contributed by atoms with Gasteiger partial charge in [-0.25, -0.2) is 0 Å². The predicted molar refractivity (Wildman–Crippen MR) is 29.0 cm³/mol. The molecule has 45 valence electrons. The van der Waals surface area contributed by atoms with Crippen LogP contribution in [-0.4, -0.2) is 18.2 Å². The first kappa shape index (κ1) is 7.14. The van der Waals surface area contributed by atoms with Crippen LogP contribution in [-0.2, 0) is 9.59 Å². The lowest BCUT2D eigenvalue weighted by atomic mass is 10.4. The molecule has 0 saturated carbocycles. The van der Waals surface area contributed by atoms with Crippen molar-refractivity contribution >= 4 is 11.7 Å². The van der Waals surface area contributed by atoms with Crippen LogP contribution in [0.3, 0.4) is 0 Å². The molecule has 0 aliphatic heterocycles. The van der Waals surface area contributed by atoms with Gasteiger partial charge >= 0.3 is 0 Å². The first-order valence-corrected chi connectivity index (χ1v) is 2.22. The van der Waals surface area contributed by atoms with E-state index in [1.54, 1.807) is 0 Å². The van der Waals surface area contributed by atoms with E-state index >= 15 is 0 Å². The molecule has 8 heavy (non-hydrogen) atoms. The number of carbonyl (C=O) groups is 2. The van der Waals surface area contributed by atoms with Gasteiger partial charge in [-0.05, 0) is 6.92 Å². The van der Waals surface area contributed by atoms with Gasteiger partial charge in [-0.3, -0.25) is 9.59 Å². The van der Waals surface area contributed by atoms with Crippen LogP contribution >= 0.6 is 0 Å². The molecule has 1 radical (unpaired) electrons. The molecular formula is C5H8NO2. The minimum Gasteiger partial charge on any atom is -0.349 e. The Labute approximate surface area is 48.1 Å². The highest BCUT2D eigenvalue weighted by atomic mass is 16.2. The second-order valence-electron chi connectivity index (χ2n) is 1.48. The van der Waals surface area contributed by atoms with E-state index < -0.39 is 5.91 Å². The number of amides is 1. The van der Waals surface area contributed by atoms with E-state index in [-0.39, 0.29) is 12.3 Å². The molecule has 0 bridgehead atoms. The second kappa shape index (κ2) is 3.18. The van der Waals surface area contributed by atoms with E-state index in [9.17, 15) is 9.59 Å². The predicted octanol–water partition coefficient (Wildman–Crippen LogP) is -0.474. The van der Waals surface area contributed by atoms with Crippen molar-refractivity contribution in [2.45, 2.75) is 6.92 Å². The summed E-state index contributed by atoms with van der Waals surface area (Å²) in [6.45, 7) is 4.49. The van der Waals surface area contributed by atoms with Crippen molar-refractivity contribution in [3.05, 3.63) is 6.92 Å². The summed E-state index contributed by atoms with van der Waals surface area (Å²) in [4.78, 5) is 20.1. The Balaban J connectivity index is 3.18. The fraction of sp³-hybridized carbons (Fsp3) is 0.400. The number of nitrogens with one attached hydrogen (secondary N) is 1. The number of rotatable bonds is 2. The Morgan fingerprint density at radius 3 is 2.25 bits per heavy atom. The molecule has 0 aliphatic rings. The molecule has 3 nitrogen and oxygen atoms in total. The van der Waals surface area contributed by atoms with E-state index in [0.717, 1.165) is 0 Å². The van der Waals surface area contributed by atoms with Gasteiger partial charge in [0.05, 0.1) is 6.54 Å². The van der Waals surface area contributed by atoms with Gasteiger partial charge in [-0.1, -0.05) is 0 Å². The lowest BCUT2D eigenvalue weighted by Crippen LogP contribution is -2.25. The number of Topliss-reactive ketones (excluding diaryl/α,β-unsaturated/α-hetero) is 1. The third kappa shape index (κ3) is 5.14. The summed E-state index contributed by atoms with van der Waals surface area (Å²) in [5.41, 5.74) is 0. The molecule has 1 N–H and O–H groups in total. The Morgan fingerprint density at radius 1 is 1.62 bits per heavy atom. The van der Waals surface area contributed by atoms with Gasteiger partial charge in [0.25, 0.3) is 0 Å². The van der Waals surface area contributed by atoms with Crippen LogP contribution in [0, 0.1) is 6.92 Å². The molecule has 1 amide bonds. The topological polar surface area (TPSA) is 46.2 Å². The zero-order valence-corrected chi connectivity index (χ0v) is 4.73. The number of hydrogen-bond acceptors (Lipinski definition) is 2. The first-order valence-electron chi connectivity index (χ1n) is 2.22. The molecule has 0 aromatic heterocycles. The summed E-state index contributed by atoms with van der Waals surface area (Å²) >= 11 is 0. The van der Waals surface area contributed by atoms with Gasteiger partial charge < -0.3 is 5.32 Å². The first-order chi connectivity index (χ1) is 3.63. The fourth-order valence-corrected chi connectivity index (χ4v) is 0.223. The van der Waals surface area contributed by atoms with Crippen LogP contribution in [0.25, 0.3) is 0 Å². The van der Waals surface area contributed by atoms with Gasteiger partial charge in [-0.15, -0.1) is 0 Å². The number of hydrogen-bond donors (Lipinski definition) is 1. The molecule has 0 unspecified atom stereocenters. The average molecular weight is 114 g/mol. The largest absolute Gasteiger partial charge is 0.349 e. The lowest BCUT2D eigenvalue weighted by Gasteiger charge is -1.93. The maximum atomic E-state index is 10.1. The summed E-state index contributed by atoms with van der Waals surface area (Å²) in [7, 11) is 0. The summed E-state index contributed by atoms with van der Waals surface area (Å²) in [5, 5.41) is 2.25. The third-order valence-corrected chi connectivity index (χ3v) is 0.535. The van der Waals surface area contributed by atoms with Gasteiger partial charge in [0, 0.05) is 6.92 Å². The maximum absolute atomic E-state index is 10.1. The van der Waals surface area contributed by atoms with Gasteiger partial charge in [0.15, 0.2) is 0 Å². The maximum Gasteiger partial charge on any atom is 0.220 e. The molecule has 0 saturated heterocycles. The monoisotopic (exact) mass is 114 g/mol. The van der Waals surface area contributed by atoms with Crippen molar-refractivity contribution in [3.63, 3.8) is 0 Å². The molecule has 0 rings (SSSR count). The normalized spacial score (nSPS) is 8.25. The molecule has 0 aromatic carbocycles. The van der Waals surface area contributed by atoms with Gasteiger partial charge in [0.2, 0.25) is 5.91 Å². The van der Waals surface area contributed by atoms with Crippen molar-refractivity contribution in [2.75, 3.05) is 6.54 Å². The molecule has 0 aliphatic carbocycles. The zero-order valence-electron chi connectivity index (χ0n) is 4.73. The van der Waals surface area contributed by atoms with Crippen molar-refractivity contribution < 1.29 is 9.59 Å². The fourth-order valence-electron chi connectivity index (χ4n) is 0.223. The summed E-state index contributed by atoms with van der Waals surface area (Å²) < 4.78 is 0.